The standard InChI is InChI=1S/C46H58F2N10O6/c1-28-24-55(25-29(2)64-28)39-17-20-56-44(50-39)35(23-49-56)38(59)22-32-27-57(52-41(32)43(47)48)33-11-9-30(10-12-33)26-54-18-15-34(16-19-54)63-21-5-7-31-6-4-8-36-42(31)53(3)46(62)58(36)37-13-14-40(60)51-45(37)61/h4,6,8,17,20,23,27-30,33-34,37,43H,5,7,9-16,18-19,21-22,24-26H2,1-3H3,(H,51,60,61)/t28-,29-,30?,33?,37?/m0/s1. The van der Waals surface area contributed by atoms with Crippen molar-refractivity contribution < 1.29 is 32.6 Å². The summed E-state index contributed by atoms with van der Waals surface area (Å²) in [6.45, 7) is 8.90. The number of likely N-dealkylation sites (tertiary alicyclic amines) is 1. The number of aryl methyl sites for hydroxylation is 2. The number of Topliss-reactive ketones (excluding diaryl/α,β-unsaturated/α-hetero) is 1. The lowest BCUT2D eigenvalue weighted by Gasteiger charge is -2.36. The van der Waals surface area contributed by atoms with E-state index in [2.05, 4.69) is 25.3 Å². The van der Waals surface area contributed by atoms with Crippen LogP contribution >= 0.6 is 0 Å². The fraction of sp³-hybridized carbons (Fsp3) is 0.587. The number of anilines is 1. The van der Waals surface area contributed by atoms with Gasteiger partial charge in [-0.05, 0) is 95.2 Å². The highest BCUT2D eigenvalue weighted by Crippen LogP contribution is 2.35. The lowest BCUT2D eigenvalue weighted by molar-refractivity contribution is -0.135. The van der Waals surface area contributed by atoms with Crippen molar-refractivity contribution in [2.75, 3.05) is 44.2 Å². The molecule has 1 saturated carbocycles. The number of nitrogens with one attached hydrogen (secondary N) is 1. The molecular formula is C46H58F2N10O6. The van der Waals surface area contributed by atoms with E-state index in [4.69, 9.17) is 14.5 Å². The number of fused-ring (bicyclic) bond motifs is 2. The second-order valence-electron chi connectivity index (χ2n) is 18.3. The molecule has 5 aromatic rings. The maximum absolute atomic E-state index is 14.4. The van der Waals surface area contributed by atoms with Gasteiger partial charge in [0.2, 0.25) is 11.8 Å². The van der Waals surface area contributed by atoms with Crippen molar-refractivity contribution in [3.05, 3.63) is 75.7 Å². The first kappa shape index (κ1) is 43.9. The molecule has 1 N–H and O–H groups in total. The Labute approximate surface area is 369 Å². The van der Waals surface area contributed by atoms with Crippen molar-refractivity contribution in [2.24, 2.45) is 13.0 Å². The van der Waals surface area contributed by atoms with Gasteiger partial charge in [0.05, 0.1) is 47.1 Å². The van der Waals surface area contributed by atoms with Crippen LogP contribution in [0.25, 0.3) is 16.7 Å². The minimum atomic E-state index is -2.80. The highest BCUT2D eigenvalue weighted by Gasteiger charge is 2.33. The fourth-order valence-corrected chi connectivity index (χ4v) is 10.5. The topological polar surface area (TPSA) is 163 Å². The molecule has 18 heteroatoms. The molecule has 64 heavy (non-hydrogen) atoms. The first-order valence-corrected chi connectivity index (χ1v) is 22.9. The van der Waals surface area contributed by atoms with Crippen molar-refractivity contribution in [1.29, 1.82) is 0 Å². The van der Waals surface area contributed by atoms with Gasteiger partial charge < -0.3 is 19.3 Å². The zero-order valence-electron chi connectivity index (χ0n) is 36.8. The zero-order valence-corrected chi connectivity index (χ0v) is 36.8. The number of ketones is 1. The third kappa shape index (κ3) is 9.13. The van der Waals surface area contributed by atoms with E-state index in [0.29, 0.717) is 54.6 Å². The average Bonchev–Trinajstić information content (AvgIpc) is 3.97. The predicted molar refractivity (Wildman–Crippen MR) is 234 cm³/mol. The summed E-state index contributed by atoms with van der Waals surface area (Å²) in [6.07, 6.45) is 9.70. The minimum absolute atomic E-state index is 0.00153. The van der Waals surface area contributed by atoms with E-state index in [1.54, 1.807) is 33.2 Å². The Bertz CT molecular complexity index is 2560. The van der Waals surface area contributed by atoms with Crippen LogP contribution in [0.3, 0.4) is 0 Å². The molecule has 0 bridgehead atoms. The number of ether oxygens (including phenoxy) is 2. The normalized spacial score (nSPS) is 24.0. The van der Waals surface area contributed by atoms with Gasteiger partial charge in [-0.3, -0.25) is 33.5 Å². The van der Waals surface area contributed by atoms with Gasteiger partial charge in [-0.1, -0.05) is 12.1 Å². The monoisotopic (exact) mass is 884 g/mol. The van der Waals surface area contributed by atoms with Crippen LogP contribution in [0.1, 0.15) is 117 Å². The quantitative estimate of drug-likeness (QED) is 0.0866. The Morgan fingerprint density at radius 2 is 1.75 bits per heavy atom. The predicted octanol–water partition coefficient (Wildman–Crippen LogP) is 5.38. The van der Waals surface area contributed by atoms with Crippen molar-refractivity contribution in [2.45, 2.75) is 121 Å². The van der Waals surface area contributed by atoms with E-state index in [9.17, 15) is 28.0 Å². The van der Waals surface area contributed by atoms with Crippen molar-refractivity contribution in [3.63, 3.8) is 0 Å². The summed E-state index contributed by atoms with van der Waals surface area (Å²) in [5.41, 5.74) is 2.85. The lowest BCUT2D eigenvalue weighted by Crippen LogP contribution is -2.45. The molecule has 7 heterocycles. The number of hydrogen-bond donors (Lipinski definition) is 1. The minimum Gasteiger partial charge on any atom is -0.378 e. The summed E-state index contributed by atoms with van der Waals surface area (Å²) in [4.78, 5) is 60.8. The lowest BCUT2D eigenvalue weighted by atomic mass is 9.85. The molecule has 9 rings (SSSR count). The van der Waals surface area contributed by atoms with Gasteiger partial charge >= 0.3 is 5.69 Å². The van der Waals surface area contributed by atoms with Crippen LogP contribution in [0, 0.1) is 5.92 Å². The third-order valence-corrected chi connectivity index (χ3v) is 13.7. The SMILES string of the molecule is C[C@H]1CN(c2ccn3ncc(C(=O)Cc4cn(C5CCC(CN6CCC(OCCCc7cccc8c7n(C)c(=O)n8C7CCC(=O)NC7=O)CC6)CC5)nc4C(F)F)c3n2)C[C@H](C)O1. The molecule has 1 aromatic carbocycles. The largest absolute Gasteiger partial charge is 0.378 e. The van der Waals surface area contributed by atoms with E-state index in [1.165, 1.54) is 10.8 Å². The highest BCUT2D eigenvalue weighted by atomic mass is 19.3. The average molecular weight is 885 g/mol. The number of piperidine rings is 2. The maximum Gasteiger partial charge on any atom is 0.329 e. The van der Waals surface area contributed by atoms with Crippen LogP contribution in [0.5, 0.6) is 0 Å². The van der Waals surface area contributed by atoms with Gasteiger partial charge in [0.1, 0.15) is 17.6 Å². The third-order valence-electron chi connectivity index (χ3n) is 13.7. The zero-order chi connectivity index (χ0) is 44.6. The molecule has 0 radical (unpaired) electrons. The van der Waals surface area contributed by atoms with E-state index < -0.39 is 18.4 Å². The van der Waals surface area contributed by atoms with Crippen LogP contribution in [0.4, 0.5) is 14.6 Å². The Hall–Kier alpha value is -5.33. The second-order valence-corrected chi connectivity index (χ2v) is 18.3. The number of nitrogens with zero attached hydrogens (tertiary/aromatic N) is 9. The summed E-state index contributed by atoms with van der Waals surface area (Å²) in [6, 6.07) is 6.94. The molecule has 16 nitrogen and oxygen atoms in total. The van der Waals surface area contributed by atoms with Crippen LogP contribution in [0.15, 0.2) is 47.7 Å². The van der Waals surface area contributed by atoms with Gasteiger partial charge in [0.25, 0.3) is 6.43 Å². The molecule has 4 aromatic heterocycles. The number of aromatic nitrogens is 7. The molecule has 0 spiro atoms. The Balaban J connectivity index is 0.732. The number of carbonyl (C=O) groups excluding carboxylic acids is 3. The number of halogens is 2. The number of alkyl halides is 2. The highest BCUT2D eigenvalue weighted by molar-refractivity contribution is 6.02. The molecule has 4 aliphatic rings. The number of imide groups is 1. The molecular weight excluding hydrogens is 827 g/mol. The van der Waals surface area contributed by atoms with E-state index in [-0.39, 0.29) is 65.8 Å². The Morgan fingerprint density at radius 1 is 0.984 bits per heavy atom. The molecule has 1 unspecified atom stereocenters. The Morgan fingerprint density at radius 3 is 2.48 bits per heavy atom. The first-order chi connectivity index (χ1) is 30.9. The number of amides is 2. The Kier molecular flexibility index (Phi) is 12.8. The number of rotatable bonds is 14. The number of carbonyl (C=O) groups is 3. The number of imidazole rings is 1. The summed E-state index contributed by atoms with van der Waals surface area (Å²) >= 11 is 0. The van der Waals surface area contributed by atoms with Gasteiger partial charge in [0, 0.05) is 77.2 Å². The van der Waals surface area contributed by atoms with Crippen LogP contribution in [0.2, 0.25) is 0 Å². The fourth-order valence-electron chi connectivity index (χ4n) is 10.5. The van der Waals surface area contributed by atoms with Crippen molar-refractivity contribution >= 4 is 40.1 Å². The smallest absolute Gasteiger partial charge is 0.329 e. The van der Waals surface area contributed by atoms with E-state index in [1.807, 2.05) is 38.1 Å². The summed E-state index contributed by atoms with van der Waals surface area (Å²) in [5, 5.41) is 11.1. The number of benzene rings is 1. The number of morpholine rings is 1. The summed E-state index contributed by atoms with van der Waals surface area (Å²) < 4.78 is 47.3. The molecule has 4 fully saturated rings. The maximum atomic E-state index is 14.4. The van der Waals surface area contributed by atoms with Gasteiger partial charge in [0.15, 0.2) is 11.4 Å². The van der Waals surface area contributed by atoms with Crippen molar-refractivity contribution in [3.8, 4) is 0 Å². The van der Waals surface area contributed by atoms with Crippen LogP contribution < -0.4 is 15.9 Å². The van der Waals surface area contributed by atoms with Gasteiger partial charge in [-0.25, -0.2) is 23.1 Å². The van der Waals surface area contributed by atoms with Crippen LogP contribution in [-0.4, -0.2) is 114 Å². The van der Waals surface area contributed by atoms with Crippen molar-refractivity contribution in [1.82, 2.24) is 43.7 Å². The molecule has 3 saturated heterocycles. The summed E-state index contributed by atoms with van der Waals surface area (Å²) in [5.74, 6) is 0.150. The van der Waals surface area contributed by atoms with E-state index in [0.717, 1.165) is 82.1 Å². The molecule has 3 aliphatic heterocycles. The van der Waals surface area contributed by atoms with Crippen LogP contribution in [-0.2, 0) is 39.0 Å². The molecule has 342 valence electrons. The first-order valence-electron chi connectivity index (χ1n) is 22.9. The second kappa shape index (κ2) is 18.6. The molecule has 2 amide bonds. The molecule has 1 aliphatic carbocycles. The van der Waals surface area contributed by atoms with Gasteiger partial charge in [-0.15, -0.1) is 0 Å². The number of para-hydroxylation sites is 1. The van der Waals surface area contributed by atoms with Gasteiger partial charge in [-0.2, -0.15) is 10.2 Å². The summed E-state index contributed by atoms with van der Waals surface area (Å²) in [7, 11) is 1.73. The van der Waals surface area contributed by atoms with E-state index >= 15 is 0 Å². The molecule has 3 atom stereocenters. The number of hydrogen-bond acceptors (Lipinski definition) is 11.